The van der Waals surface area contributed by atoms with E-state index in [4.69, 9.17) is 4.74 Å². The van der Waals surface area contributed by atoms with Crippen LogP contribution in [0.3, 0.4) is 0 Å². The van der Waals surface area contributed by atoms with Crippen molar-refractivity contribution in [2.75, 3.05) is 20.2 Å². The molecule has 0 aliphatic carbocycles. The summed E-state index contributed by atoms with van der Waals surface area (Å²) in [5.74, 6) is 2.37. The molecular formula is C20H26N2O2. The highest BCUT2D eigenvalue weighted by Gasteiger charge is 2.42. The van der Waals surface area contributed by atoms with Crippen molar-refractivity contribution >= 4 is 10.9 Å². The fourth-order valence-electron chi connectivity index (χ4n) is 4.71. The van der Waals surface area contributed by atoms with Crippen LogP contribution in [0.1, 0.15) is 37.9 Å². The summed E-state index contributed by atoms with van der Waals surface area (Å²) in [6.07, 6.45) is 4.97. The number of pyridine rings is 1. The Morgan fingerprint density at radius 1 is 1.38 bits per heavy atom. The van der Waals surface area contributed by atoms with Crippen LogP contribution < -0.4 is 4.74 Å². The van der Waals surface area contributed by atoms with E-state index in [1.54, 1.807) is 13.3 Å². The average molecular weight is 326 g/mol. The molecule has 5 atom stereocenters. The number of methoxy groups -OCH3 is 1. The van der Waals surface area contributed by atoms with Crippen molar-refractivity contribution in [1.82, 2.24) is 9.88 Å². The summed E-state index contributed by atoms with van der Waals surface area (Å²) in [5, 5.41) is 12.2. The fraction of sp³-hybridized carbons (Fsp3) is 0.550. The largest absolute Gasteiger partial charge is 0.497 e. The predicted molar refractivity (Wildman–Crippen MR) is 95.1 cm³/mol. The van der Waals surface area contributed by atoms with Gasteiger partial charge in [-0.3, -0.25) is 9.88 Å². The van der Waals surface area contributed by atoms with Crippen LogP contribution >= 0.6 is 0 Å². The molecule has 4 heterocycles. The molecule has 0 spiro atoms. The molecule has 4 nitrogen and oxygen atoms in total. The van der Waals surface area contributed by atoms with Crippen LogP contribution in [0, 0.1) is 11.8 Å². The Morgan fingerprint density at radius 2 is 2.25 bits per heavy atom. The van der Waals surface area contributed by atoms with Gasteiger partial charge in [0.2, 0.25) is 0 Å². The quantitative estimate of drug-likeness (QED) is 0.935. The van der Waals surface area contributed by atoms with Crippen molar-refractivity contribution in [2.45, 2.75) is 38.3 Å². The van der Waals surface area contributed by atoms with Gasteiger partial charge in [0.25, 0.3) is 0 Å². The molecule has 5 rings (SSSR count). The number of ether oxygens (including phenoxy) is 1. The Kier molecular flexibility index (Phi) is 4.19. The summed E-state index contributed by atoms with van der Waals surface area (Å²) in [7, 11) is 1.67. The van der Waals surface area contributed by atoms with Crippen molar-refractivity contribution < 1.29 is 9.84 Å². The lowest BCUT2D eigenvalue weighted by molar-refractivity contribution is -0.0562. The van der Waals surface area contributed by atoms with Crippen LogP contribution in [0.4, 0.5) is 0 Å². The predicted octanol–water partition coefficient (Wildman–Crippen LogP) is 3.40. The summed E-state index contributed by atoms with van der Waals surface area (Å²) >= 11 is 0. The Bertz CT molecular complexity index is 733. The van der Waals surface area contributed by atoms with Crippen molar-refractivity contribution in [3.63, 3.8) is 0 Å². The van der Waals surface area contributed by atoms with E-state index in [2.05, 4.69) is 16.8 Å². The first-order valence-corrected chi connectivity index (χ1v) is 9.06. The van der Waals surface area contributed by atoms with E-state index in [0.29, 0.717) is 0 Å². The fourth-order valence-corrected chi connectivity index (χ4v) is 4.71. The average Bonchev–Trinajstić information content (AvgIpc) is 2.66. The summed E-state index contributed by atoms with van der Waals surface area (Å²) in [4.78, 5) is 6.94. The molecule has 3 fully saturated rings. The molecule has 24 heavy (non-hydrogen) atoms. The van der Waals surface area contributed by atoms with Crippen LogP contribution in [-0.2, 0) is 0 Å². The molecule has 2 bridgehead atoms. The van der Waals surface area contributed by atoms with Gasteiger partial charge in [0.05, 0.1) is 18.7 Å². The SMILES string of the molecule is CC[C@H]1C[N@]2CC[C@H]1C[C@H]2[C@H](O)c1ccnc2ccc(OC)cc12. The molecule has 3 aliphatic heterocycles. The maximum atomic E-state index is 11.2. The second-order valence-electron chi connectivity index (χ2n) is 7.24. The first-order chi connectivity index (χ1) is 11.7. The summed E-state index contributed by atoms with van der Waals surface area (Å²) in [5.41, 5.74) is 1.89. The molecule has 0 unspecified atom stereocenters. The monoisotopic (exact) mass is 326 g/mol. The Labute approximate surface area is 143 Å². The molecule has 3 aliphatic rings. The topological polar surface area (TPSA) is 45.6 Å². The lowest BCUT2D eigenvalue weighted by Gasteiger charge is -2.51. The summed E-state index contributed by atoms with van der Waals surface area (Å²) in [6.45, 7) is 4.55. The number of aromatic nitrogens is 1. The number of fused-ring (bicyclic) bond motifs is 4. The number of hydrogen-bond acceptors (Lipinski definition) is 4. The molecule has 1 N–H and O–H groups in total. The zero-order valence-corrected chi connectivity index (χ0v) is 14.5. The van der Waals surface area contributed by atoms with Gasteiger partial charge in [0, 0.05) is 24.2 Å². The minimum absolute atomic E-state index is 0.225. The number of nitrogens with zero attached hydrogens (tertiary/aromatic N) is 2. The van der Waals surface area contributed by atoms with Crippen molar-refractivity contribution in [3.8, 4) is 5.75 Å². The number of hydrogen-bond donors (Lipinski definition) is 1. The van der Waals surface area contributed by atoms with Gasteiger partial charge in [0.15, 0.2) is 0 Å². The summed E-state index contributed by atoms with van der Waals surface area (Å²) < 4.78 is 5.36. The number of aliphatic hydroxyl groups is 1. The molecule has 0 saturated carbocycles. The van der Waals surface area contributed by atoms with Crippen LogP contribution in [0.2, 0.25) is 0 Å². The number of rotatable bonds is 4. The number of piperidine rings is 3. The smallest absolute Gasteiger partial charge is 0.119 e. The summed E-state index contributed by atoms with van der Waals surface area (Å²) in [6, 6.07) is 8.07. The Hall–Kier alpha value is -1.65. The van der Waals surface area contributed by atoms with Gasteiger partial charge in [-0.15, -0.1) is 0 Å². The van der Waals surface area contributed by atoms with E-state index < -0.39 is 6.10 Å². The lowest BCUT2D eigenvalue weighted by Crippen LogP contribution is -2.55. The third-order valence-electron chi connectivity index (χ3n) is 6.13. The van der Waals surface area contributed by atoms with E-state index in [0.717, 1.165) is 53.6 Å². The molecule has 1 aromatic heterocycles. The minimum Gasteiger partial charge on any atom is -0.497 e. The van der Waals surface area contributed by atoms with Gasteiger partial charge in [0.1, 0.15) is 5.75 Å². The molecule has 1 aromatic carbocycles. The van der Waals surface area contributed by atoms with E-state index >= 15 is 0 Å². The highest BCUT2D eigenvalue weighted by molar-refractivity contribution is 5.83. The van der Waals surface area contributed by atoms with Gasteiger partial charge in [-0.2, -0.15) is 0 Å². The first kappa shape index (κ1) is 15.9. The van der Waals surface area contributed by atoms with E-state index in [1.807, 2.05) is 24.3 Å². The third-order valence-corrected chi connectivity index (χ3v) is 6.13. The van der Waals surface area contributed by atoms with E-state index in [-0.39, 0.29) is 6.04 Å². The molecule has 4 heteroatoms. The molecule has 128 valence electrons. The molecule has 2 aromatic rings. The maximum absolute atomic E-state index is 11.2. The Balaban J connectivity index is 1.68. The number of benzene rings is 1. The van der Waals surface area contributed by atoms with Crippen LogP contribution in [0.25, 0.3) is 10.9 Å². The number of aliphatic hydroxyl groups excluding tert-OH is 1. The van der Waals surface area contributed by atoms with Crippen molar-refractivity contribution in [2.24, 2.45) is 11.8 Å². The molecule has 0 amide bonds. The lowest BCUT2D eigenvalue weighted by atomic mass is 9.72. The highest BCUT2D eigenvalue weighted by Crippen LogP contribution is 2.42. The van der Waals surface area contributed by atoms with Crippen molar-refractivity contribution in [3.05, 3.63) is 36.0 Å². The van der Waals surface area contributed by atoms with Crippen LogP contribution in [0.15, 0.2) is 30.5 Å². The maximum Gasteiger partial charge on any atom is 0.119 e. The second kappa shape index (κ2) is 6.34. The van der Waals surface area contributed by atoms with Crippen LogP contribution in [-0.4, -0.2) is 41.2 Å². The van der Waals surface area contributed by atoms with Gasteiger partial charge in [-0.1, -0.05) is 13.3 Å². The van der Waals surface area contributed by atoms with Gasteiger partial charge in [-0.05, 0) is 61.1 Å². The van der Waals surface area contributed by atoms with Crippen molar-refractivity contribution in [1.29, 1.82) is 0 Å². The first-order valence-electron chi connectivity index (χ1n) is 9.06. The Morgan fingerprint density at radius 3 is 2.96 bits per heavy atom. The third kappa shape index (κ3) is 2.58. The van der Waals surface area contributed by atoms with Gasteiger partial charge in [-0.25, -0.2) is 0 Å². The molecular weight excluding hydrogens is 300 g/mol. The normalized spacial score (nSPS) is 30.5. The molecule has 0 radical (unpaired) electrons. The standard InChI is InChI=1S/C20H26N2O2/c1-3-13-12-22-9-7-14(13)10-19(22)20(23)16-6-8-21-18-5-4-15(24-2)11-17(16)18/h4-6,8,11,13-14,19-20,23H,3,7,9-10,12H2,1-2H3/t13-,14-,19-,20+/m0/s1. The van der Waals surface area contributed by atoms with Gasteiger partial charge >= 0.3 is 0 Å². The second-order valence-corrected chi connectivity index (χ2v) is 7.24. The zero-order valence-electron chi connectivity index (χ0n) is 14.5. The van der Waals surface area contributed by atoms with E-state index in [1.165, 1.54) is 12.8 Å². The van der Waals surface area contributed by atoms with Gasteiger partial charge < -0.3 is 9.84 Å². The highest BCUT2D eigenvalue weighted by atomic mass is 16.5. The zero-order chi connectivity index (χ0) is 16.7. The minimum atomic E-state index is -0.469. The van der Waals surface area contributed by atoms with E-state index in [9.17, 15) is 5.11 Å². The molecule has 3 saturated heterocycles. The van der Waals surface area contributed by atoms with Crippen LogP contribution in [0.5, 0.6) is 5.75 Å².